The molecule has 0 aromatic heterocycles. The molecule has 0 heterocycles. The number of nitrogens with zero attached hydrogens (tertiary/aromatic N) is 1. The summed E-state index contributed by atoms with van der Waals surface area (Å²) in [5.41, 5.74) is 1.07. The number of ether oxygens (including phenoxy) is 1. The summed E-state index contributed by atoms with van der Waals surface area (Å²) in [6.45, 7) is 2.40. The van der Waals surface area contributed by atoms with Gasteiger partial charge in [0, 0.05) is 0 Å². The van der Waals surface area contributed by atoms with E-state index in [1.54, 1.807) is 6.82 Å². The Kier molecular flexibility index (Phi) is 6.31. The molecular weight excluding hydrogens is 219 g/mol. The third kappa shape index (κ3) is 6.06. The summed E-state index contributed by atoms with van der Waals surface area (Å²) >= 11 is 0. The number of hydrogen-bond donors (Lipinski definition) is 3. The molecule has 1 atom stereocenters. The van der Waals surface area contributed by atoms with Crippen LogP contribution in [0.25, 0.3) is 0 Å². The Bertz CT molecular complexity index is 333. The second-order valence-corrected chi connectivity index (χ2v) is 3.71. The van der Waals surface area contributed by atoms with Crippen molar-refractivity contribution in [3.8, 4) is 0 Å². The average molecular weight is 236 g/mol. The summed E-state index contributed by atoms with van der Waals surface area (Å²) in [5, 5.41) is 23.3. The van der Waals surface area contributed by atoms with E-state index in [0.717, 1.165) is 5.56 Å². The highest BCUT2D eigenvalue weighted by molar-refractivity contribution is 6.45. The van der Waals surface area contributed by atoms with Crippen molar-refractivity contribution in [2.45, 2.75) is 19.5 Å². The molecule has 1 rings (SSSR count). The van der Waals surface area contributed by atoms with Crippen LogP contribution in [-0.2, 0) is 11.3 Å². The molecule has 0 saturated carbocycles. The van der Waals surface area contributed by atoms with Gasteiger partial charge in [-0.1, -0.05) is 30.3 Å². The van der Waals surface area contributed by atoms with Crippen molar-refractivity contribution >= 4 is 13.3 Å². The van der Waals surface area contributed by atoms with Crippen LogP contribution in [0, 0.1) is 0 Å². The van der Waals surface area contributed by atoms with Crippen LogP contribution in [0.1, 0.15) is 5.56 Å². The third-order valence-electron chi connectivity index (χ3n) is 2.11. The molecule has 17 heavy (non-hydrogen) atoms. The number of hydrogen-bond acceptors (Lipinski definition) is 5. The van der Waals surface area contributed by atoms with Crippen molar-refractivity contribution in [1.29, 1.82) is 0 Å². The zero-order valence-corrected chi connectivity index (χ0v) is 9.78. The normalized spacial score (nSPS) is 12.8. The topological polar surface area (TPSA) is 74.1 Å². The molecule has 0 aliphatic rings. The molecule has 1 aromatic rings. The van der Waals surface area contributed by atoms with Gasteiger partial charge in [0.2, 0.25) is 0 Å². The largest absolute Gasteiger partial charge is 0.437 e. The van der Waals surface area contributed by atoms with E-state index in [-0.39, 0.29) is 6.04 Å². The Morgan fingerprint density at radius 2 is 2.18 bits per heavy atom. The predicted octanol–water partition coefficient (Wildman–Crippen LogP) is 0.732. The molecule has 3 N–H and O–H groups in total. The van der Waals surface area contributed by atoms with Gasteiger partial charge >= 0.3 is 7.05 Å². The van der Waals surface area contributed by atoms with Crippen LogP contribution in [0.5, 0.6) is 0 Å². The maximum Gasteiger partial charge on any atom is 0.374 e. The maximum absolute atomic E-state index is 9.16. The summed E-state index contributed by atoms with van der Waals surface area (Å²) in [6.07, 6.45) is 1.29. The van der Waals surface area contributed by atoms with Crippen LogP contribution >= 0.6 is 0 Å². The highest BCUT2D eigenvalue weighted by Gasteiger charge is 2.11. The fraction of sp³-hybridized carbons (Fsp3) is 0.364. The zero-order valence-electron chi connectivity index (χ0n) is 9.78. The number of oxime groups is 1. The molecule has 0 radical (unpaired) electrons. The number of rotatable bonds is 7. The van der Waals surface area contributed by atoms with Gasteiger partial charge < -0.3 is 20.2 Å². The van der Waals surface area contributed by atoms with Crippen LogP contribution < -0.4 is 5.23 Å². The first-order chi connectivity index (χ1) is 8.22. The highest BCUT2D eigenvalue weighted by Crippen LogP contribution is 2.00. The smallest absolute Gasteiger partial charge is 0.374 e. The van der Waals surface area contributed by atoms with Gasteiger partial charge in [-0.3, -0.25) is 0 Å². The third-order valence-corrected chi connectivity index (χ3v) is 2.11. The molecule has 92 valence electrons. The molecule has 0 aliphatic carbocycles. The quantitative estimate of drug-likeness (QED) is 0.282. The predicted molar refractivity (Wildman–Crippen MR) is 67.1 cm³/mol. The molecule has 1 aromatic carbocycles. The highest BCUT2D eigenvalue weighted by atomic mass is 16.5. The van der Waals surface area contributed by atoms with E-state index in [1.165, 1.54) is 6.21 Å². The van der Waals surface area contributed by atoms with Gasteiger partial charge in [-0.25, -0.2) is 0 Å². The van der Waals surface area contributed by atoms with E-state index < -0.39 is 7.05 Å². The standard InChI is InChI=1S/C11H17BN2O3/c1-12(15)14-11(7-13-16)9-17-8-10-5-3-2-4-6-10/h2-7,11,14-16H,8-9H2,1H3. The van der Waals surface area contributed by atoms with Gasteiger partial charge in [-0.2, -0.15) is 0 Å². The Labute approximate surface area is 101 Å². The lowest BCUT2D eigenvalue weighted by molar-refractivity contribution is 0.116. The van der Waals surface area contributed by atoms with Gasteiger partial charge in [0.25, 0.3) is 0 Å². The number of benzene rings is 1. The van der Waals surface area contributed by atoms with E-state index in [0.29, 0.717) is 13.2 Å². The fourth-order valence-electron chi connectivity index (χ4n) is 1.40. The molecule has 0 aliphatic heterocycles. The summed E-state index contributed by atoms with van der Waals surface area (Å²) in [5.74, 6) is 0. The van der Waals surface area contributed by atoms with Crippen LogP contribution in [0.15, 0.2) is 35.5 Å². The van der Waals surface area contributed by atoms with Crippen molar-refractivity contribution in [2.75, 3.05) is 6.61 Å². The zero-order chi connectivity index (χ0) is 12.5. The van der Waals surface area contributed by atoms with Crippen LogP contribution in [0.4, 0.5) is 0 Å². The molecule has 1 unspecified atom stereocenters. The first-order valence-electron chi connectivity index (χ1n) is 5.45. The van der Waals surface area contributed by atoms with E-state index in [9.17, 15) is 0 Å². The second kappa shape index (κ2) is 7.84. The van der Waals surface area contributed by atoms with Crippen molar-refractivity contribution in [3.63, 3.8) is 0 Å². The summed E-state index contributed by atoms with van der Waals surface area (Å²) in [7, 11) is -0.682. The minimum atomic E-state index is -0.682. The van der Waals surface area contributed by atoms with Crippen molar-refractivity contribution in [3.05, 3.63) is 35.9 Å². The maximum atomic E-state index is 9.16. The summed E-state index contributed by atoms with van der Waals surface area (Å²) in [6, 6.07) is 9.45. The van der Waals surface area contributed by atoms with Crippen molar-refractivity contribution < 1.29 is 15.0 Å². The number of nitrogens with one attached hydrogen (secondary N) is 1. The van der Waals surface area contributed by atoms with E-state index in [4.69, 9.17) is 15.0 Å². The first-order valence-corrected chi connectivity index (χ1v) is 5.45. The first kappa shape index (κ1) is 13.7. The summed E-state index contributed by atoms with van der Waals surface area (Å²) in [4.78, 5) is 0. The van der Waals surface area contributed by atoms with Gasteiger partial charge in [-0.15, -0.1) is 5.16 Å². The molecule has 0 fully saturated rings. The Balaban J connectivity index is 2.32. The molecule has 0 amide bonds. The van der Waals surface area contributed by atoms with E-state index in [2.05, 4.69) is 10.4 Å². The van der Waals surface area contributed by atoms with Gasteiger partial charge in [0.1, 0.15) is 0 Å². The minimum absolute atomic E-state index is 0.316. The van der Waals surface area contributed by atoms with Crippen molar-refractivity contribution in [1.82, 2.24) is 5.23 Å². The lowest BCUT2D eigenvalue weighted by Crippen LogP contribution is -2.43. The molecule has 0 bridgehead atoms. The molecule has 5 nitrogen and oxygen atoms in total. The average Bonchev–Trinajstić information content (AvgIpc) is 2.30. The van der Waals surface area contributed by atoms with E-state index in [1.807, 2.05) is 30.3 Å². The van der Waals surface area contributed by atoms with Gasteiger partial charge in [0.15, 0.2) is 0 Å². The lowest BCUT2D eigenvalue weighted by atomic mass is 9.87. The van der Waals surface area contributed by atoms with Crippen molar-refractivity contribution in [2.24, 2.45) is 5.16 Å². The molecule has 0 saturated heterocycles. The lowest BCUT2D eigenvalue weighted by Gasteiger charge is -2.14. The SMILES string of the molecule is CB(O)NC(C=NO)COCc1ccccc1. The van der Waals surface area contributed by atoms with Crippen LogP contribution in [0.3, 0.4) is 0 Å². The van der Waals surface area contributed by atoms with Gasteiger partial charge in [0.05, 0.1) is 25.5 Å². The van der Waals surface area contributed by atoms with Crippen LogP contribution in [-0.4, -0.2) is 36.1 Å². The second-order valence-electron chi connectivity index (χ2n) is 3.71. The fourth-order valence-corrected chi connectivity index (χ4v) is 1.40. The van der Waals surface area contributed by atoms with Gasteiger partial charge in [-0.05, 0) is 12.4 Å². The molecular formula is C11H17BN2O3. The van der Waals surface area contributed by atoms with Crippen LogP contribution in [0.2, 0.25) is 6.82 Å². The monoisotopic (exact) mass is 236 g/mol. The Hall–Kier alpha value is -1.37. The summed E-state index contributed by atoms with van der Waals surface area (Å²) < 4.78 is 5.46. The van der Waals surface area contributed by atoms with E-state index >= 15 is 0 Å². The Morgan fingerprint density at radius 1 is 1.47 bits per heavy atom. The molecule has 0 spiro atoms. The molecule has 6 heteroatoms. The Morgan fingerprint density at radius 3 is 2.76 bits per heavy atom. The minimum Gasteiger partial charge on any atom is -0.437 e.